The Hall–Kier alpha value is -1.65. The van der Waals surface area contributed by atoms with Crippen LogP contribution in [0.1, 0.15) is 6.92 Å². The molecule has 0 unspecified atom stereocenters. The lowest BCUT2D eigenvalue weighted by atomic mass is 10.6. The van der Waals surface area contributed by atoms with Crippen LogP contribution in [-0.4, -0.2) is 62.8 Å². The van der Waals surface area contributed by atoms with Crippen LogP contribution in [0.2, 0.25) is 0 Å². The second kappa shape index (κ2) is 7.60. The van der Waals surface area contributed by atoms with Gasteiger partial charge in [0, 0.05) is 0 Å². The zero-order valence-electron chi connectivity index (χ0n) is 10.8. The predicted molar refractivity (Wildman–Crippen MR) is 62.9 cm³/mol. The van der Waals surface area contributed by atoms with E-state index in [0.717, 1.165) is 0 Å². The van der Waals surface area contributed by atoms with E-state index in [1.54, 1.807) is 44.9 Å². The molecule has 0 aromatic rings. The highest BCUT2D eigenvalue weighted by Gasteiger charge is 2.20. The minimum absolute atomic E-state index is 0.193. The van der Waals surface area contributed by atoms with Gasteiger partial charge in [0.2, 0.25) is 0 Å². The molecule has 0 aliphatic heterocycles. The molecule has 0 aromatic carbocycles. The summed E-state index contributed by atoms with van der Waals surface area (Å²) >= 11 is 0. The average Bonchev–Trinajstić information content (AvgIpc) is 2.23. The van der Waals surface area contributed by atoms with Crippen LogP contribution in [-0.2, 0) is 14.4 Å². The maximum atomic E-state index is 11.3. The van der Waals surface area contributed by atoms with E-state index in [-0.39, 0.29) is 6.61 Å². The number of hydrogen-bond acceptors (Lipinski definition) is 6. The summed E-state index contributed by atoms with van der Waals surface area (Å²) in [7, 11) is 7.17. The highest BCUT2D eigenvalue weighted by molar-refractivity contribution is 6.39. The van der Waals surface area contributed by atoms with Gasteiger partial charge in [-0.05, 0) is 35.1 Å². The van der Waals surface area contributed by atoms with Crippen LogP contribution in [0.25, 0.3) is 4.85 Å². The summed E-state index contributed by atoms with van der Waals surface area (Å²) in [5.74, 6) is -1.20. The first-order valence-electron chi connectivity index (χ1n) is 5.05. The Morgan fingerprint density at radius 3 is 2.24 bits per heavy atom. The summed E-state index contributed by atoms with van der Waals surface area (Å²) in [5, 5.41) is 3.51. The Balaban J connectivity index is 4.65. The number of hydrogen-bond donors (Lipinski definition) is 0. The van der Waals surface area contributed by atoms with Crippen LogP contribution in [0, 0.1) is 6.57 Å². The third-order valence-corrected chi connectivity index (χ3v) is 1.68. The highest BCUT2D eigenvalue weighted by atomic mass is 16.7. The molecule has 0 heterocycles. The van der Waals surface area contributed by atoms with E-state index < -0.39 is 18.2 Å². The fraction of sp³-hybridized carbons (Fsp3) is 0.700. The largest absolute Gasteiger partial charge is 0.470 e. The monoisotopic (exact) mass is 242 g/mol. The van der Waals surface area contributed by atoms with Gasteiger partial charge in [0.25, 0.3) is 6.35 Å². The SMILES string of the molecule is [C-]#[N+]C(=NOC(N(C)C)N(C)C)C(=O)OCC. The van der Waals surface area contributed by atoms with E-state index in [9.17, 15) is 4.79 Å². The van der Waals surface area contributed by atoms with Crippen molar-refractivity contribution in [1.29, 1.82) is 0 Å². The smallest absolute Gasteiger partial charge is 0.398 e. The topological polar surface area (TPSA) is 58.7 Å². The summed E-state index contributed by atoms with van der Waals surface area (Å²) in [5.41, 5.74) is 0. The fourth-order valence-corrected chi connectivity index (χ4v) is 1.05. The Kier molecular flexibility index (Phi) is 6.86. The van der Waals surface area contributed by atoms with Crippen molar-refractivity contribution in [2.24, 2.45) is 5.16 Å². The van der Waals surface area contributed by atoms with Crippen molar-refractivity contribution in [3.05, 3.63) is 11.4 Å². The van der Waals surface area contributed by atoms with E-state index >= 15 is 0 Å². The van der Waals surface area contributed by atoms with Crippen molar-refractivity contribution in [3.8, 4) is 0 Å². The summed E-state index contributed by atoms with van der Waals surface area (Å²) < 4.78 is 4.66. The molecule has 7 heteroatoms. The van der Waals surface area contributed by atoms with Crippen molar-refractivity contribution in [3.63, 3.8) is 0 Å². The lowest BCUT2D eigenvalue weighted by Crippen LogP contribution is -2.41. The zero-order chi connectivity index (χ0) is 13.4. The van der Waals surface area contributed by atoms with Crippen LogP contribution in [0.3, 0.4) is 0 Å². The number of esters is 1. The Morgan fingerprint density at radius 1 is 1.35 bits per heavy atom. The number of nitrogens with zero attached hydrogens (tertiary/aromatic N) is 4. The summed E-state index contributed by atoms with van der Waals surface area (Å²) in [6, 6.07) is 0. The van der Waals surface area contributed by atoms with Crippen LogP contribution in [0.4, 0.5) is 0 Å². The van der Waals surface area contributed by atoms with Crippen molar-refractivity contribution >= 4 is 11.8 Å². The molecule has 0 rings (SSSR count). The minimum atomic E-state index is -0.779. The average molecular weight is 242 g/mol. The van der Waals surface area contributed by atoms with Crippen LogP contribution < -0.4 is 0 Å². The summed E-state index contributed by atoms with van der Waals surface area (Å²) in [6.45, 7) is 8.66. The van der Waals surface area contributed by atoms with Crippen molar-refractivity contribution in [2.75, 3.05) is 34.8 Å². The number of ether oxygens (including phenoxy) is 1. The first-order valence-corrected chi connectivity index (χ1v) is 5.05. The third-order valence-electron chi connectivity index (χ3n) is 1.68. The van der Waals surface area contributed by atoms with Gasteiger partial charge in [-0.1, -0.05) is 6.57 Å². The molecule has 0 aromatic heterocycles. The van der Waals surface area contributed by atoms with E-state index in [1.807, 2.05) is 0 Å². The molecule has 0 saturated carbocycles. The third kappa shape index (κ3) is 5.29. The first-order chi connectivity index (χ1) is 7.93. The summed E-state index contributed by atoms with van der Waals surface area (Å²) in [6.07, 6.45) is -0.457. The molecule has 0 spiro atoms. The molecule has 0 saturated heterocycles. The van der Waals surface area contributed by atoms with Gasteiger partial charge in [0.15, 0.2) is 0 Å². The maximum Gasteiger partial charge on any atom is 0.398 e. The van der Waals surface area contributed by atoms with Gasteiger partial charge in [-0.15, -0.1) is 0 Å². The Labute approximate surface area is 101 Å². The molecule has 0 atom stereocenters. The fourth-order valence-electron chi connectivity index (χ4n) is 1.05. The second-order valence-corrected chi connectivity index (χ2v) is 3.61. The van der Waals surface area contributed by atoms with Gasteiger partial charge in [-0.2, -0.15) is 0 Å². The highest BCUT2D eigenvalue weighted by Crippen LogP contribution is 2.01. The molecule has 0 fully saturated rings. The minimum Gasteiger partial charge on any atom is -0.470 e. The standard InChI is InChI=1S/C10H18N4O3/c1-7-16-9(15)8(11-2)12-17-10(13(3)4)14(5)6/h10H,7H2,1,3-6H3. The molecular formula is C10H18N4O3. The van der Waals surface area contributed by atoms with Gasteiger partial charge in [0.1, 0.15) is 0 Å². The van der Waals surface area contributed by atoms with Crippen LogP contribution >= 0.6 is 0 Å². The van der Waals surface area contributed by atoms with E-state index in [4.69, 9.17) is 11.4 Å². The van der Waals surface area contributed by atoms with Crippen LogP contribution in [0.15, 0.2) is 5.16 Å². The summed E-state index contributed by atoms with van der Waals surface area (Å²) in [4.78, 5) is 22.8. The maximum absolute atomic E-state index is 11.3. The number of carbonyl (C=O) groups is 1. The molecule has 7 nitrogen and oxygen atoms in total. The molecule has 0 N–H and O–H groups in total. The van der Waals surface area contributed by atoms with Crippen LogP contribution in [0.5, 0.6) is 0 Å². The number of carbonyl (C=O) groups excluding carboxylic acids is 1. The van der Waals surface area contributed by atoms with Crippen molar-refractivity contribution in [1.82, 2.24) is 9.80 Å². The zero-order valence-corrected chi connectivity index (χ0v) is 10.8. The van der Waals surface area contributed by atoms with Gasteiger partial charge in [-0.3, -0.25) is 19.4 Å². The molecule has 0 aliphatic carbocycles. The first kappa shape index (κ1) is 15.3. The number of amidine groups is 1. The van der Waals surface area contributed by atoms with Gasteiger partial charge < -0.3 is 9.58 Å². The van der Waals surface area contributed by atoms with Gasteiger partial charge in [0.05, 0.1) is 11.8 Å². The quantitative estimate of drug-likeness (QED) is 0.172. The van der Waals surface area contributed by atoms with Gasteiger partial charge >= 0.3 is 11.8 Å². The van der Waals surface area contributed by atoms with Crippen molar-refractivity contribution < 1.29 is 14.4 Å². The van der Waals surface area contributed by atoms with E-state index in [2.05, 4.69) is 14.7 Å². The Morgan fingerprint density at radius 2 is 1.88 bits per heavy atom. The molecule has 0 radical (unpaired) electrons. The predicted octanol–water partition coefficient (Wildman–Crippen LogP) is 0.206. The Bertz CT molecular complexity index is 312. The molecule has 96 valence electrons. The molecule has 0 amide bonds. The van der Waals surface area contributed by atoms with Gasteiger partial charge in [-0.25, -0.2) is 0 Å². The second-order valence-electron chi connectivity index (χ2n) is 3.61. The van der Waals surface area contributed by atoms with E-state index in [1.165, 1.54) is 0 Å². The normalized spacial score (nSPS) is 11.8. The molecule has 17 heavy (non-hydrogen) atoms. The lowest BCUT2D eigenvalue weighted by molar-refractivity contribution is -0.136. The molecular weight excluding hydrogens is 224 g/mol. The number of rotatable bonds is 5. The molecule has 0 aliphatic rings. The van der Waals surface area contributed by atoms with E-state index in [0.29, 0.717) is 0 Å². The lowest BCUT2D eigenvalue weighted by Gasteiger charge is -2.25. The van der Waals surface area contributed by atoms with Crippen molar-refractivity contribution in [2.45, 2.75) is 13.3 Å². The number of oxime groups is 1. The molecule has 0 bridgehead atoms.